The van der Waals surface area contributed by atoms with Crippen LogP contribution in [0.4, 0.5) is 0 Å². The van der Waals surface area contributed by atoms with Gasteiger partial charge in [0.1, 0.15) is 0 Å². The quantitative estimate of drug-likeness (QED) is 0.0670. The molecule has 0 aromatic rings. The van der Waals surface area contributed by atoms with E-state index in [0.717, 1.165) is 70.6 Å². The molecule has 8 nitrogen and oxygen atoms in total. The van der Waals surface area contributed by atoms with Gasteiger partial charge in [-0.1, -0.05) is 38.7 Å². The van der Waals surface area contributed by atoms with Crippen molar-refractivity contribution < 1.29 is 37.9 Å². The Bertz CT molecular complexity index is 577. The molecular weight excluding hydrogens is 524 g/mol. The van der Waals surface area contributed by atoms with Gasteiger partial charge < -0.3 is 37.9 Å². The third-order valence-electron chi connectivity index (χ3n) is 8.41. The smallest absolute Gasteiger partial charge is 0.0630 e. The second kappa shape index (κ2) is 27.0. The molecule has 0 aromatic carbocycles. The van der Waals surface area contributed by atoms with Crippen LogP contribution >= 0.6 is 0 Å². The van der Waals surface area contributed by atoms with Gasteiger partial charge in [-0.25, -0.2) is 0 Å². The third kappa shape index (κ3) is 19.3. The first kappa shape index (κ1) is 40.4. The van der Waals surface area contributed by atoms with Crippen molar-refractivity contribution in [2.45, 2.75) is 146 Å². The van der Waals surface area contributed by atoms with Gasteiger partial charge in [0.25, 0.3) is 0 Å². The summed E-state index contributed by atoms with van der Waals surface area (Å²) in [6.45, 7) is 6.04. The molecule has 41 heavy (non-hydrogen) atoms. The fourth-order valence-electron chi connectivity index (χ4n) is 5.63. The summed E-state index contributed by atoms with van der Waals surface area (Å²) >= 11 is 0. The van der Waals surface area contributed by atoms with Crippen LogP contribution in [0.25, 0.3) is 0 Å². The van der Waals surface area contributed by atoms with E-state index >= 15 is 0 Å². The van der Waals surface area contributed by atoms with Crippen LogP contribution in [0.3, 0.4) is 0 Å². The van der Waals surface area contributed by atoms with Crippen LogP contribution in [0.1, 0.15) is 96.8 Å². The highest BCUT2D eigenvalue weighted by Gasteiger charge is 2.27. The lowest BCUT2D eigenvalue weighted by Gasteiger charge is -2.30. The Hall–Kier alpha value is -0.580. The van der Waals surface area contributed by atoms with Crippen LogP contribution in [0.15, 0.2) is 12.7 Å². The summed E-state index contributed by atoms with van der Waals surface area (Å²) in [7, 11) is 14.2. The van der Waals surface area contributed by atoms with Crippen molar-refractivity contribution in [3.63, 3.8) is 0 Å². The van der Waals surface area contributed by atoms with E-state index in [0.29, 0.717) is 6.10 Å². The fraction of sp³-hybridized carbons (Fsp3) is 0.939. The highest BCUT2D eigenvalue weighted by Crippen LogP contribution is 2.24. The van der Waals surface area contributed by atoms with Crippen molar-refractivity contribution in [1.82, 2.24) is 0 Å². The molecular formula is C33H66O8. The summed E-state index contributed by atoms with van der Waals surface area (Å²) in [5, 5.41) is 0. The van der Waals surface area contributed by atoms with E-state index in [1.54, 1.807) is 49.8 Å². The van der Waals surface area contributed by atoms with Crippen molar-refractivity contribution in [2.75, 3.05) is 56.9 Å². The van der Waals surface area contributed by atoms with Crippen LogP contribution in [0, 0.1) is 0 Å². The molecule has 0 amide bonds. The van der Waals surface area contributed by atoms with Crippen molar-refractivity contribution in [1.29, 1.82) is 0 Å². The monoisotopic (exact) mass is 590 g/mol. The van der Waals surface area contributed by atoms with Gasteiger partial charge in [0.15, 0.2) is 0 Å². The summed E-state index contributed by atoms with van der Waals surface area (Å²) in [5.74, 6) is 0. The highest BCUT2D eigenvalue weighted by molar-refractivity contribution is 4.80. The van der Waals surface area contributed by atoms with E-state index in [-0.39, 0.29) is 42.7 Å². The molecule has 0 rings (SSSR count). The van der Waals surface area contributed by atoms with Gasteiger partial charge in [-0.15, -0.1) is 6.58 Å². The molecule has 8 heteroatoms. The predicted octanol–water partition coefficient (Wildman–Crippen LogP) is 6.77. The van der Waals surface area contributed by atoms with E-state index in [1.165, 1.54) is 19.3 Å². The number of ether oxygens (including phenoxy) is 8. The molecule has 0 heterocycles. The summed E-state index contributed by atoms with van der Waals surface area (Å²) in [6.07, 6.45) is 16.1. The Kier molecular flexibility index (Phi) is 26.6. The van der Waals surface area contributed by atoms with Crippen molar-refractivity contribution in [3.8, 4) is 0 Å². The molecule has 246 valence electrons. The first-order valence-electron chi connectivity index (χ1n) is 15.7. The Balaban J connectivity index is 4.83. The maximum atomic E-state index is 5.90. The summed E-state index contributed by atoms with van der Waals surface area (Å²) in [4.78, 5) is 0. The minimum Gasteiger partial charge on any atom is -0.381 e. The average Bonchev–Trinajstić information content (AvgIpc) is 3.00. The topological polar surface area (TPSA) is 73.8 Å². The van der Waals surface area contributed by atoms with Crippen molar-refractivity contribution in [2.24, 2.45) is 0 Å². The molecule has 0 aliphatic carbocycles. The molecule has 0 bridgehead atoms. The van der Waals surface area contributed by atoms with E-state index in [9.17, 15) is 0 Å². The zero-order chi connectivity index (χ0) is 30.9. The predicted molar refractivity (Wildman–Crippen MR) is 167 cm³/mol. The normalized spacial score (nSPS) is 17.9. The number of unbranched alkanes of at least 4 members (excludes halogenated alkanes) is 2. The van der Waals surface area contributed by atoms with Crippen molar-refractivity contribution in [3.05, 3.63) is 12.7 Å². The molecule has 0 aliphatic heterocycles. The highest BCUT2D eigenvalue weighted by atomic mass is 16.5. The molecule has 0 spiro atoms. The van der Waals surface area contributed by atoms with E-state index in [2.05, 4.69) is 13.5 Å². The van der Waals surface area contributed by atoms with Crippen LogP contribution in [-0.2, 0) is 37.9 Å². The maximum absolute atomic E-state index is 5.90. The lowest BCUT2D eigenvalue weighted by Crippen LogP contribution is -2.33. The minimum atomic E-state index is -0.00633. The molecule has 0 N–H and O–H groups in total. The Labute approximate surface area is 253 Å². The van der Waals surface area contributed by atoms with Crippen molar-refractivity contribution >= 4 is 0 Å². The summed E-state index contributed by atoms with van der Waals surface area (Å²) < 4.78 is 46.3. The van der Waals surface area contributed by atoms with E-state index < -0.39 is 0 Å². The standard InChI is InChI=1S/C33H66O8/c1-11-16-26(34-3)18-14-13-15-19-28(36-5)21-30(38-7)23-32(40-9)25-33(41-10)24-31(39-8)22-29(37-6)20-27(35-4)17-12-2/h12,26-33H,2,11,13-25H2,1,3-10H3. The van der Waals surface area contributed by atoms with E-state index in [1.807, 2.05) is 13.2 Å². The molecule has 0 radical (unpaired) electrons. The van der Waals surface area contributed by atoms with Gasteiger partial charge in [0.2, 0.25) is 0 Å². The van der Waals surface area contributed by atoms with Crippen LogP contribution in [-0.4, -0.2) is 106 Å². The molecule has 0 aromatic heterocycles. The van der Waals surface area contributed by atoms with Gasteiger partial charge in [-0.3, -0.25) is 0 Å². The molecule has 0 aliphatic rings. The Morgan fingerprint density at radius 3 is 1.05 bits per heavy atom. The Morgan fingerprint density at radius 1 is 0.415 bits per heavy atom. The minimum absolute atomic E-state index is 0.000813. The molecule has 0 saturated heterocycles. The number of methoxy groups -OCH3 is 8. The fourth-order valence-corrected chi connectivity index (χ4v) is 5.63. The van der Waals surface area contributed by atoms with Gasteiger partial charge in [-0.05, 0) is 57.8 Å². The SMILES string of the molecule is C=CCC(CC(CC(CC(CC(CC(CC(CCCCCC(CCC)OC)OC)OC)OC)OC)OC)OC)OC. The van der Waals surface area contributed by atoms with Gasteiger partial charge in [0.05, 0.1) is 48.8 Å². The van der Waals surface area contributed by atoms with E-state index in [4.69, 9.17) is 37.9 Å². The van der Waals surface area contributed by atoms with Gasteiger partial charge in [-0.2, -0.15) is 0 Å². The zero-order valence-corrected chi connectivity index (χ0v) is 28.1. The molecule has 0 fully saturated rings. The third-order valence-corrected chi connectivity index (χ3v) is 8.41. The second-order valence-corrected chi connectivity index (χ2v) is 11.2. The van der Waals surface area contributed by atoms with Crippen LogP contribution in [0.5, 0.6) is 0 Å². The number of hydrogen-bond donors (Lipinski definition) is 0. The van der Waals surface area contributed by atoms with Crippen LogP contribution in [0.2, 0.25) is 0 Å². The number of hydrogen-bond acceptors (Lipinski definition) is 8. The average molecular weight is 591 g/mol. The molecule has 8 atom stereocenters. The van der Waals surface area contributed by atoms with Gasteiger partial charge in [0, 0.05) is 63.3 Å². The first-order valence-corrected chi connectivity index (χ1v) is 15.7. The first-order chi connectivity index (χ1) is 19.9. The van der Waals surface area contributed by atoms with Crippen LogP contribution < -0.4 is 0 Å². The lowest BCUT2D eigenvalue weighted by molar-refractivity contribution is -0.0533. The second-order valence-electron chi connectivity index (χ2n) is 11.2. The largest absolute Gasteiger partial charge is 0.381 e. The number of rotatable bonds is 30. The van der Waals surface area contributed by atoms with Gasteiger partial charge >= 0.3 is 0 Å². The molecule has 0 saturated carbocycles. The lowest BCUT2D eigenvalue weighted by atomic mass is 9.95. The molecule has 8 unspecified atom stereocenters. The Morgan fingerprint density at radius 2 is 0.732 bits per heavy atom. The maximum Gasteiger partial charge on any atom is 0.0630 e. The summed E-state index contributed by atoms with van der Waals surface area (Å²) in [5.41, 5.74) is 0. The summed E-state index contributed by atoms with van der Waals surface area (Å²) in [6, 6.07) is 0. The zero-order valence-electron chi connectivity index (χ0n) is 28.1.